The van der Waals surface area contributed by atoms with Crippen LogP contribution in [0.5, 0.6) is 0 Å². The largest absolute Gasteiger partial charge is 0.466 e. The zero-order chi connectivity index (χ0) is 23.2. The average Bonchev–Trinajstić information content (AvgIpc) is 2.84. The molecular weight excluding hydrogens is 440 g/mol. The number of hydrogen-bond acceptors (Lipinski definition) is 8. The molecule has 2 saturated heterocycles. The van der Waals surface area contributed by atoms with Crippen LogP contribution in [0.3, 0.4) is 0 Å². The molecule has 33 heavy (non-hydrogen) atoms. The van der Waals surface area contributed by atoms with E-state index in [0.29, 0.717) is 39.1 Å². The first-order valence-electron chi connectivity index (χ1n) is 11.7. The predicted octanol–water partition coefficient (Wildman–Crippen LogP) is 2.74. The summed E-state index contributed by atoms with van der Waals surface area (Å²) >= 11 is 1.49. The maximum Gasteiger partial charge on any atom is 0.309 e. The third kappa shape index (κ3) is 6.02. The summed E-state index contributed by atoms with van der Waals surface area (Å²) in [6.45, 7) is 9.19. The zero-order valence-corrected chi connectivity index (χ0v) is 20.2. The van der Waals surface area contributed by atoms with Gasteiger partial charge < -0.3 is 14.4 Å². The van der Waals surface area contributed by atoms with Gasteiger partial charge in [-0.3, -0.25) is 14.5 Å². The van der Waals surface area contributed by atoms with Crippen molar-refractivity contribution in [2.24, 2.45) is 5.92 Å². The van der Waals surface area contributed by atoms with E-state index < -0.39 is 0 Å². The minimum atomic E-state index is -0.279. The summed E-state index contributed by atoms with van der Waals surface area (Å²) in [4.78, 5) is 38.9. The van der Waals surface area contributed by atoms with Gasteiger partial charge in [-0.2, -0.15) is 0 Å². The second-order valence-corrected chi connectivity index (χ2v) is 9.79. The number of amides is 1. The number of nitrogens with zero attached hydrogens (tertiary/aromatic N) is 4. The first-order valence-corrected chi connectivity index (χ1v) is 12.6. The summed E-state index contributed by atoms with van der Waals surface area (Å²) < 4.78 is 10.6. The fraction of sp³-hybridized carbons (Fsp3) is 0.583. The summed E-state index contributed by atoms with van der Waals surface area (Å²) in [5, 5.41) is 1.53. The van der Waals surface area contributed by atoms with E-state index in [4.69, 9.17) is 19.4 Å². The Morgan fingerprint density at radius 3 is 2.61 bits per heavy atom. The highest BCUT2D eigenvalue weighted by Gasteiger charge is 2.30. The van der Waals surface area contributed by atoms with E-state index in [0.717, 1.165) is 48.1 Å². The van der Waals surface area contributed by atoms with Gasteiger partial charge in [-0.05, 0) is 32.8 Å². The highest BCUT2D eigenvalue weighted by molar-refractivity contribution is 8.00. The molecule has 0 radical (unpaired) electrons. The Bertz CT molecular complexity index is 974. The van der Waals surface area contributed by atoms with Crippen molar-refractivity contribution in [3.8, 4) is 0 Å². The molecule has 9 heteroatoms. The second kappa shape index (κ2) is 11.3. The van der Waals surface area contributed by atoms with Crippen molar-refractivity contribution in [3.63, 3.8) is 0 Å². The lowest BCUT2D eigenvalue weighted by molar-refractivity contribution is -0.151. The molecule has 1 aromatic carbocycles. The van der Waals surface area contributed by atoms with Gasteiger partial charge in [0, 0.05) is 31.6 Å². The van der Waals surface area contributed by atoms with Gasteiger partial charge in [-0.1, -0.05) is 30.0 Å². The highest BCUT2D eigenvalue weighted by atomic mass is 32.2. The van der Waals surface area contributed by atoms with E-state index in [1.165, 1.54) is 11.8 Å². The van der Waals surface area contributed by atoms with Crippen LogP contribution in [0.1, 0.15) is 32.5 Å². The van der Waals surface area contributed by atoms with Crippen LogP contribution in [0.25, 0.3) is 10.9 Å². The molecule has 8 nitrogen and oxygen atoms in total. The number of rotatable bonds is 7. The topological polar surface area (TPSA) is 84.9 Å². The van der Waals surface area contributed by atoms with E-state index >= 15 is 0 Å². The average molecular weight is 473 g/mol. The van der Waals surface area contributed by atoms with Crippen LogP contribution in [-0.2, 0) is 25.6 Å². The predicted molar refractivity (Wildman–Crippen MR) is 127 cm³/mol. The monoisotopic (exact) mass is 472 g/mol. The second-order valence-electron chi connectivity index (χ2n) is 8.46. The molecule has 2 aromatic rings. The van der Waals surface area contributed by atoms with Crippen molar-refractivity contribution < 1.29 is 19.1 Å². The SMILES string of the molecule is CCOC(=O)C1CCN(C(=O)C(C)Sc2nc(CN3CCOCC3)nc3ccccc23)CC1. The molecule has 4 rings (SSSR count). The summed E-state index contributed by atoms with van der Waals surface area (Å²) in [6, 6.07) is 7.96. The van der Waals surface area contributed by atoms with Crippen LogP contribution < -0.4 is 0 Å². The Labute approximate surface area is 199 Å². The molecule has 1 amide bonds. The fourth-order valence-corrected chi connectivity index (χ4v) is 5.33. The number of morpholine rings is 1. The quantitative estimate of drug-likeness (QED) is 0.346. The van der Waals surface area contributed by atoms with Crippen LogP contribution >= 0.6 is 11.8 Å². The van der Waals surface area contributed by atoms with Crippen LogP contribution in [0, 0.1) is 5.92 Å². The van der Waals surface area contributed by atoms with Gasteiger partial charge in [0.1, 0.15) is 10.9 Å². The van der Waals surface area contributed by atoms with E-state index in [2.05, 4.69) is 4.90 Å². The van der Waals surface area contributed by atoms with Crippen molar-refractivity contribution in [1.82, 2.24) is 19.8 Å². The third-order valence-corrected chi connectivity index (χ3v) is 7.24. The number of thioether (sulfide) groups is 1. The number of para-hydroxylation sites is 1. The van der Waals surface area contributed by atoms with E-state index in [1.54, 1.807) is 0 Å². The molecule has 0 N–H and O–H groups in total. The molecular formula is C24H32N4O4S. The van der Waals surface area contributed by atoms with Gasteiger partial charge in [0.05, 0.1) is 43.0 Å². The third-order valence-electron chi connectivity index (χ3n) is 6.15. The van der Waals surface area contributed by atoms with Crippen molar-refractivity contribution >= 4 is 34.5 Å². The Morgan fingerprint density at radius 2 is 1.88 bits per heavy atom. The molecule has 3 heterocycles. The maximum absolute atomic E-state index is 13.2. The molecule has 0 spiro atoms. The van der Waals surface area contributed by atoms with Crippen LogP contribution in [0.4, 0.5) is 0 Å². The van der Waals surface area contributed by atoms with Gasteiger partial charge in [0.15, 0.2) is 0 Å². The number of ether oxygens (including phenoxy) is 2. The van der Waals surface area contributed by atoms with Crippen LogP contribution in [0.2, 0.25) is 0 Å². The molecule has 0 saturated carbocycles. The number of likely N-dealkylation sites (tertiary alicyclic amines) is 1. The lowest BCUT2D eigenvalue weighted by Gasteiger charge is -2.32. The van der Waals surface area contributed by atoms with E-state index in [-0.39, 0.29) is 23.0 Å². The number of aromatic nitrogens is 2. The van der Waals surface area contributed by atoms with Gasteiger partial charge in [-0.15, -0.1) is 0 Å². The maximum atomic E-state index is 13.2. The summed E-state index contributed by atoms with van der Waals surface area (Å²) in [7, 11) is 0. The molecule has 1 atom stereocenters. The van der Waals surface area contributed by atoms with E-state index in [9.17, 15) is 9.59 Å². The molecule has 2 fully saturated rings. The standard InChI is InChI=1S/C24H32N4O4S/c1-3-32-24(30)18-8-10-28(11-9-18)23(29)17(2)33-22-19-6-4-5-7-20(19)25-21(26-22)16-27-12-14-31-15-13-27/h4-7,17-18H,3,8-16H2,1-2H3. The summed E-state index contributed by atoms with van der Waals surface area (Å²) in [6.07, 6.45) is 1.31. The van der Waals surface area contributed by atoms with Crippen LogP contribution in [0.15, 0.2) is 29.3 Å². The lowest BCUT2D eigenvalue weighted by atomic mass is 9.97. The van der Waals surface area contributed by atoms with Gasteiger partial charge >= 0.3 is 5.97 Å². The zero-order valence-electron chi connectivity index (χ0n) is 19.4. The molecule has 2 aliphatic rings. The van der Waals surface area contributed by atoms with Gasteiger partial charge in [0.25, 0.3) is 0 Å². The number of carbonyl (C=O) groups excluding carboxylic acids is 2. The number of hydrogen-bond donors (Lipinski definition) is 0. The molecule has 0 bridgehead atoms. The Morgan fingerprint density at radius 1 is 1.15 bits per heavy atom. The number of carbonyl (C=O) groups is 2. The number of piperidine rings is 1. The van der Waals surface area contributed by atoms with Crippen LogP contribution in [-0.4, -0.2) is 82.9 Å². The molecule has 178 valence electrons. The number of benzene rings is 1. The molecule has 2 aliphatic heterocycles. The lowest BCUT2D eigenvalue weighted by Crippen LogP contribution is -2.43. The Balaban J connectivity index is 1.44. The Kier molecular flexibility index (Phi) is 8.16. The minimum absolute atomic E-state index is 0.0831. The molecule has 1 unspecified atom stereocenters. The minimum Gasteiger partial charge on any atom is -0.466 e. The smallest absolute Gasteiger partial charge is 0.309 e. The molecule has 0 aliphatic carbocycles. The summed E-state index contributed by atoms with van der Waals surface area (Å²) in [5.41, 5.74) is 0.896. The van der Waals surface area contributed by atoms with E-state index in [1.807, 2.05) is 43.0 Å². The normalized spacial score (nSPS) is 18.9. The van der Waals surface area contributed by atoms with Gasteiger partial charge in [-0.25, -0.2) is 9.97 Å². The van der Waals surface area contributed by atoms with Crippen molar-refractivity contribution in [2.75, 3.05) is 46.0 Å². The fourth-order valence-electron chi connectivity index (χ4n) is 4.28. The Hall–Kier alpha value is -2.23. The highest BCUT2D eigenvalue weighted by Crippen LogP contribution is 2.30. The summed E-state index contributed by atoms with van der Waals surface area (Å²) in [5.74, 6) is 0.602. The first kappa shape index (κ1) is 23.9. The molecule has 1 aromatic heterocycles. The van der Waals surface area contributed by atoms with Crippen molar-refractivity contribution in [3.05, 3.63) is 30.1 Å². The number of fused-ring (bicyclic) bond motifs is 1. The first-order chi connectivity index (χ1) is 16.0. The van der Waals surface area contributed by atoms with Crippen molar-refractivity contribution in [2.45, 2.75) is 43.5 Å². The van der Waals surface area contributed by atoms with Gasteiger partial charge in [0.2, 0.25) is 5.91 Å². The number of esters is 1. The van der Waals surface area contributed by atoms with Crippen molar-refractivity contribution in [1.29, 1.82) is 0 Å².